The first kappa shape index (κ1) is 17.3. The summed E-state index contributed by atoms with van der Waals surface area (Å²) in [6.07, 6.45) is 3.40. The fraction of sp³-hybridized carbons (Fsp3) is 1.00. The standard InChI is InChI=1S/C8H19NO3S.Na.H/c1-3-4-5-6-9(2)7-8-13(10,11)12;;/h3-8H2,1-2H3,(H,10,11,12);;. The molecule has 14 heavy (non-hydrogen) atoms. The predicted molar refractivity (Wildman–Crippen MR) is 60.6 cm³/mol. The van der Waals surface area contributed by atoms with Crippen LogP contribution >= 0.6 is 0 Å². The Morgan fingerprint density at radius 3 is 2.21 bits per heavy atom. The van der Waals surface area contributed by atoms with E-state index in [1.165, 1.54) is 0 Å². The van der Waals surface area contributed by atoms with Crippen molar-refractivity contribution in [1.29, 1.82) is 0 Å². The Morgan fingerprint density at radius 1 is 1.21 bits per heavy atom. The van der Waals surface area contributed by atoms with Crippen LogP contribution in [0.5, 0.6) is 0 Å². The molecule has 1 N–H and O–H groups in total. The van der Waals surface area contributed by atoms with Crippen LogP contribution in [-0.4, -0.2) is 73.3 Å². The average Bonchev–Trinajstić information content (AvgIpc) is 2.00. The molecule has 0 rings (SSSR count). The van der Waals surface area contributed by atoms with Gasteiger partial charge in [-0.3, -0.25) is 4.55 Å². The zero-order valence-electron chi connectivity index (χ0n) is 8.36. The maximum atomic E-state index is 10.4. The van der Waals surface area contributed by atoms with Crippen molar-refractivity contribution in [3.8, 4) is 0 Å². The molecule has 4 nitrogen and oxygen atoms in total. The van der Waals surface area contributed by atoms with Crippen molar-refractivity contribution in [2.45, 2.75) is 26.2 Å². The Hall–Kier alpha value is 0.870. The Bertz CT molecular complexity index is 219. The van der Waals surface area contributed by atoms with Crippen molar-refractivity contribution in [3.63, 3.8) is 0 Å². The minimum absolute atomic E-state index is 0. The van der Waals surface area contributed by atoms with Gasteiger partial charge in [0.1, 0.15) is 0 Å². The molecule has 0 aliphatic carbocycles. The van der Waals surface area contributed by atoms with Gasteiger partial charge in [0, 0.05) is 6.54 Å². The molecule has 0 bridgehead atoms. The van der Waals surface area contributed by atoms with E-state index in [0.717, 1.165) is 25.8 Å². The molecule has 0 aliphatic rings. The van der Waals surface area contributed by atoms with Gasteiger partial charge in [0.15, 0.2) is 0 Å². The van der Waals surface area contributed by atoms with Gasteiger partial charge in [-0.15, -0.1) is 0 Å². The zero-order valence-corrected chi connectivity index (χ0v) is 9.18. The molecule has 0 unspecified atom stereocenters. The van der Waals surface area contributed by atoms with Crippen LogP contribution in [-0.2, 0) is 10.1 Å². The molecular weight excluding hydrogens is 213 g/mol. The van der Waals surface area contributed by atoms with Crippen LogP contribution in [0.25, 0.3) is 0 Å². The fourth-order valence-corrected chi connectivity index (χ4v) is 1.56. The molecule has 0 atom stereocenters. The molecule has 0 aromatic carbocycles. The van der Waals surface area contributed by atoms with Gasteiger partial charge in [-0.05, 0) is 20.0 Å². The van der Waals surface area contributed by atoms with Gasteiger partial charge in [-0.25, -0.2) is 0 Å². The molecule has 6 heteroatoms. The summed E-state index contributed by atoms with van der Waals surface area (Å²) in [7, 11) is -1.93. The average molecular weight is 233 g/mol. The molecular formula is C8H20NNaO3S. The summed E-state index contributed by atoms with van der Waals surface area (Å²) in [4.78, 5) is 1.92. The second-order valence-corrected chi connectivity index (χ2v) is 4.87. The van der Waals surface area contributed by atoms with E-state index < -0.39 is 10.1 Å². The van der Waals surface area contributed by atoms with Crippen LogP contribution < -0.4 is 0 Å². The maximum absolute atomic E-state index is 10.4. The Morgan fingerprint density at radius 2 is 1.79 bits per heavy atom. The number of unbranched alkanes of at least 4 members (excludes halogenated alkanes) is 2. The fourth-order valence-electron chi connectivity index (χ4n) is 1.01. The van der Waals surface area contributed by atoms with E-state index in [-0.39, 0.29) is 35.3 Å². The van der Waals surface area contributed by atoms with E-state index in [2.05, 4.69) is 6.92 Å². The second-order valence-electron chi connectivity index (χ2n) is 3.30. The predicted octanol–water partition coefficient (Wildman–Crippen LogP) is 0.348. The van der Waals surface area contributed by atoms with Crippen molar-refractivity contribution in [3.05, 3.63) is 0 Å². The van der Waals surface area contributed by atoms with Crippen LogP contribution in [0.1, 0.15) is 26.2 Å². The summed E-state index contributed by atoms with van der Waals surface area (Å²) in [6.45, 7) is 3.42. The molecule has 0 heterocycles. The first-order chi connectivity index (χ1) is 5.95. The van der Waals surface area contributed by atoms with E-state index in [1.54, 1.807) is 0 Å². The number of rotatable bonds is 7. The van der Waals surface area contributed by atoms with E-state index in [4.69, 9.17) is 4.55 Å². The molecule has 0 saturated carbocycles. The van der Waals surface area contributed by atoms with Crippen LogP contribution in [0.3, 0.4) is 0 Å². The van der Waals surface area contributed by atoms with Crippen LogP contribution in [0, 0.1) is 0 Å². The normalized spacial score (nSPS) is 11.4. The Kier molecular flexibility index (Phi) is 11.3. The molecule has 0 aliphatic heterocycles. The summed E-state index contributed by atoms with van der Waals surface area (Å²) in [5.41, 5.74) is 0. The second kappa shape index (κ2) is 9.12. The summed E-state index contributed by atoms with van der Waals surface area (Å²) >= 11 is 0. The van der Waals surface area contributed by atoms with Crippen LogP contribution in [0.4, 0.5) is 0 Å². The summed E-state index contributed by atoms with van der Waals surface area (Å²) in [5.74, 6) is -0.171. The first-order valence-electron chi connectivity index (χ1n) is 4.59. The molecule has 82 valence electrons. The minimum atomic E-state index is -3.79. The third-order valence-corrected chi connectivity index (χ3v) is 2.57. The van der Waals surface area contributed by atoms with E-state index in [1.807, 2.05) is 11.9 Å². The van der Waals surface area contributed by atoms with Crippen molar-refractivity contribution in [2.24, 2.45) is 0 Å². The molecule has 0 fully saturated rings. The molecule has 0 amide bonds. The molecule has 0 aromatic rings. The number of hydrogen-bond acceptors (Lipinski definition) is 3. The first-order valence-corrected chi connectivity index (χ1v) is 6.20. The molecule has 0 spiro atoms. The van der Waals surface area contributed by atoms with Gasteiger partial charge < -0.3 is 4.90 Å². The van der Waals surface area contributed by atoms with Gasteiger partial charge in [-0.2, -0.15) is 8.42 Å². The Balaban J connectivity index is 0. The van der Waals surface area contributed by atoms with Crippen molar-refractivity contribution in [2.75, 3.05) is 25.9 Å². The van der Waals surface area contributed by atoms with E-state index >= 15 is 0 Å². The van der Waals surface area contributed by atoms with Gasteiger partial charge in [0.05, 0.1) is 5.75 Å². The van der Waals surface area contributed by atoms with Crippen molar-refractivity contribution >= 4 is 39.7 Å². The summed E-state index contributed by atoms with van der Waals surface area (Å²) < 4.78 is 29.3. The van der Waals surface area contributed by atoms with Crippen molar-refractivity contribution < 1.29 is 13.0 Å². The van der Waals surface area contributed by atoms with Gasteiger partial charge in [0.2, 0.25) is 0 Å². The molecule has 0 radical (unpaired) electrons. The molecule has 0 saturated heterocycles. The van der Waals surface area contributed by atoms with Crippen LogP contribution in [0.15, 0.2) is 0 Å². The topological polar surface area (TPSA) is 57.6 Å². The quantitative estimate of drug-likeness (QED) is 0.391. The molecule has 0 aromatic heterocycles. The third-order valence-electron chi connectivity index (χ3n) is 1.87. The third kappa shape index (κ3) is 12.9. The monoisotopic (exact) mass is 233 g/mol. The number of nitrogens with zero attached hydrogens (tertiary/aromatic N) is 1. The van der Waals surface area contributed by atoms with E-state index in [0.29, 0.717) is 6.54 Å². The summed E-state index contributed by atoms with van der Waals surface area (Å²) in [6, 6.07) is 0. The SMILES string of the molecule is CCCCCN(C)CCS(=O)(=O)O.[NaH]. The van der Waals surface area contributed by atoms with Gasteiger partial charge in [-0.1, -0.05) is 19.8 Å². The Labute approximate surface area is 109 Å². The van der Waals surface area contributed by atoms with Gasteiger partial charge in [0.25, 0.3) is 10.1 Å². The van der Waals surface area contributed by atoms with Gasteiger partial charge >= 0.3 is 29.6 Å². The zero-order chi connectivity index (χ0) is 10.3. The van der Waals surface area contributed by atoms with Crippen molar-refractivity contribution in [1.82, 2.24) is 4.90 Å². The number of hydrogen-bond donors (Lipinski definition) is 1. The van der Waals surface area contributed by atoms with E-state index in [9.17, 15) is 8.42 Å². The summed E-state index contributed by atoms with van der Waals surface area (Å²) in [5, 5.41) is 0. The van der Waals surface area contributed by atoms with Crippen LogP contribution in [0.2, 0.25) is 0 Å².